The third-order valence-electron chi connectivity index (χ3n) is 8.87. The highest BCUT2D eigenvalue weighted by molar-refractivity contribution is 5.74. The molecule has 3 aromatic rings. The van der Waals surface area contributed by atoms with Gasteiger partial charge in [-0.2, -0.15) is 0 Å². The van der Waals surface area contributed by atoms with Crippen molar-refractivity contribution >= 4 is 11.0 Å². The fourth-order valence-electron chi connectivity index (χ4n) is 5.80. The highest BCUT2D eigenvalue weighted by atomic mass is 16.5. The van der Waals surface area contributed by atoms with Gasteiger partial charge < -0.3 is 4.74 Å². The van der Waals surface area contributed by atoms with E-state index < -0.39 is 0 Å². The van der Waals surface area contributed by atoms with Crippen LogP contribution in [0, 0.1) is 59.3 Å². The summed E-state index contributed by atoms with van der Waals surface area (Å²) in [5.41, 5.74) is 12.3. The molecule has 3 heteroatoms. The molecule has 3 atom stereocenters. The smallest absolute Gasteiger partial charge is 0.246 e. The van der Waals surface area contributed by atoms with Gasteiger partial charge in [0.25, 0.3) is 0 Å². The summed E-state index contributed by atoms with van der Waals surface area (Å²) < 4.78 is 11.4. The zero-order valence-corrected chi connectivity index (χ0v) is 23.0. The molecule has 0 spiro atoms. The predicted octanol–water partition coefficient (Wildman–Crippen LogP) is 7.26. The lowest BCUT2D eigenvalue weighted by Crippen LogP contribution is -2.34. The Morgan fingerprint density at radius 2 is 1.56 bits per heavy atom. The molecule has 1 aliphatic carbocycles. The van der Waals surface area contributed by atoms with Crippen molar-refractivity contribution < 1.29 is 9.30 Å². The molecule has 1 saturated carbocycles. The number of hydrogen-bond donors (Lipinski definition) is 0. The quantitative estimate of drug-likeness (QED) is 0.353. The number of aromatic nitrogens is 2. The zero-order valence-electron chi connectivity index (χ0n) is 23.0. The molecule has 1 fully saturated rings. The van der Waals surface area contributed by atoms with Crippen molar-refractivity contribution in [3.8, 4) is 0 Å². The first-order chi connectivity index (χ1) is 16.1. The maximum atomic E-state index is 6.64. The Morgan fingerprint density at radius 3 is 2.21 bits per heavy atom. The van der Waals surface area contributed by atoms with Crippen molar-refractivity contribution in [1.29, 1.82) is 0 Å². The first-order valence-electron chi connectivity index (χ1n) is 13.2. The van der Waals surface area contributed by atoms with Crippen molar-refractivity contribution in [2.75, 3.05) is 0 Å². The summed E-state index contributed by atoms with van der Waals surface area (Å²) >= 11 is 0. The standard InChI is InChI=1S/C31H45N2O/c1-19(2)27-11-10-20(3)31(15-27)34-18-33-17-32(29-13-21(4)22(5)14-30(29)33)16-28-25(8)23(6)12-24(7)26(28)9/h12-14,17,19-20,27,31H,10-11,15-16,18H2,1-9H3/q+1/t20-,27+,31-/m0/s1. The number of ether oxygens (including phenoxy) is 1. The minimum atomic E-state index is 0.350. The van der Waals surface area contributed by atoms with E-state index in [9.17, 15) is 0 Å². The largest absolute Gasteiger partial charge is 0.338 e. The summed E-state index contributed by atoms with van der Waals surface area (Å²) in [6.45, 7) is 22.0. The lowest BCUT2D eigenvalue weighted by Gasteiger charge is -2.35. The molecule has 0 unspecified atom stereocenters. The maximum absolute atomic E-state index is 6.64. The van der Waals surface area contributed by atoms with E-state index in [4.69, 9.17) is 4.74 Å². The Kier molecular flexibility index (Phi) is 7.24. The van der Waals surface area contributed by atoms with Gasteiger partial charge in [-0.15, -0.1) is 0 Å². The van der Waals surface area contributed by atoms with E-state index in [1.165, 1.54) is 69.2 Å². The van der Waals surface area contributed by atoms with Crippen LogP contribution in [0.5, 0.6) is 0 Å². The highest BCUT2D eigenvalue weighted by Crippen LogP contribution is 2.35. The van der Waals surface area contributed by atoms with Crippen molar-refractivity contribution in [2.24, 2.45) is 17.8 Å². The Morgan fingerprint density at radius 1 is 0.912 bits per heavy atom. The van der Waals surface area contributed by atoms with Gasteiger partial charge >= 0.3 is 0 Å². The molecule has 4 rings (SSSR count). The number of benzene rings is 2. The minimum absolute atomic E-state index is 0.350. The summed E-state index contributed by atoms with van der Waals surface area (Å²) in [5, 5.41) is 0. The molecule has 2 aromatic carbocycles. The first-order valence-corrected chi connectivity index (χ1v) is 13.2. The van der Waals surface area contributed by atoms with E-state index >= 15 is 0 Å². The van der Waals surface area contributed by atoms with Gasteiger partial charge in [-0.3, -0.25) is 0 Å². The molecule has 1 heterocycles. The molecule has 0 aliphatic heterocycles. The topological polar surface area (TPSA) is 18.0 Å². The maximum Gasteiger partial charge on any atom is 0.246 e. The Balaban J connectivity index is 1.67. The Hall–Kier alpha value is -2.13. The van der Waals surface area contributed by atoms with Gasteiger partial charge in [0.1, 0.15) is 6.54 Å². The van der Waals surface area contributed by atoms with Crippen LogP contribution in [0.15, 0.2) is 24.5 Å². The summed E-state index contributed by atoms with van der Waals surface area (Å²) in [6.07, 6.45) is 6.45. The SMILES string of the molecule is Cc1cc2c(cc1C)[n+](Cc1c(C)c(C)cc(C)c1C)cn2CO[C@H]1C[C@H](C(C)C)CC[C@@H]1C. The third-order valence-corrected chi connectivity index (χ3v) is 8.87. The van der Waals surface area contributed by atoms with Gasteiger partial charge in [-0.05, 0) is 130 Å². The van der Waals surface area contributed by atoms with E-state index in [-0.39, 0.29) is 0 Å². The minimum Gasteiger partial charge on any atom is -0.338 e. The van der Waals surface area contributed by atoms with Crippen LogP contribution in [-0.2, 0) is 18.0 Å². The number of aryl methyl sites for hydroxylation is 4. The van der Waals surface area contributed by atoms with E-state index in [1.54, 1.807) is 0 Å². The van der Waals surface area contributed by atoms with Crippen LogP contribution in [-0.4, -0.2) is 10.7 Å². The molecule has 0 radical (unpaired) electrons. The van der Waals surface area contributed by atoms with Crippen LogP contribution in [0.2, 0.25) is 0 Å². The normalized spacial score (nSPS) is 21.1. The molecular formula is C31H45N2O+. The fourth-order valence-corrected chi connectivity index (χ4v) is 5.80. The zero-order chi connectivity index (χ0) is 24.7. The molecule has 0 bridgehead atoms. The third kappa shape index (κ3) is 4.82. The summed E-state index contributed by atoms with van der Waals surface area (Å²) in [5.74, 6) is 2.16. The van der Waals surface area contributed by atoms with Gasteiger partial charge in [0.15, 0.2) is 17.8 Å². The number of rotatable bonds is 6. The van der Waals surface area contributed by atoms with Gasteiger partial charge in [0.2, 0.25) is 6.33 Å². The monoisotopic (exact) mass is 461 g/mol. The summed E-state index contributed by atoms with van der Waals surface area (Å²) in [4.78, 5) is 0. The van der Waals surface area contributed by atoms with Crippen LogP contribution in [0.3, 0.4) is 0 Å². The fraction of sp³-hybridized carbons (Fsp3) is 0.581. The molecule has 0 saturated heterocycles. The molecule has 184 valence electrons. The molecule has 1 aromatic heterocycles. The number of hydrogen-bond acceptors (Lipinski definition) is 1. The van der Waals surface area contributed by atoms with Crippen LogP contribution in [0.1, 0.15) is 79.0 Å². The second kappa shape index (κ2) is 9.85. The lowest BCUT2D eigenvalue weighted by molar-refractivity contribution is -0.663. The number of nitrogens with zero attached hydrogens (tertiary/aromatic N) is 2. The Bertz CT molecular complexity index is 1160. The molecule has 0 amide bonds. The molecule has 3 nitrogen and oxygen atoms in total. The Labute approximate surface area is 207 Å². The van der Waals surface area contributed by atoms with Gasteiger partial charge in [0.05, 0.1) is 6.10 Å². The first kappa shape index (κ1) is 25.0. The lowest BCUT2D eigenvalue weighted by atomic mass is 9.76. The van der Waals surface area contributed by atoms with Crippen molar-refractivity contribution in [3.05, 3.63) is 63.5 Å². The van der Waals surface area contributed by atoms with Crippen molar-refractivity contribution in [3.63, 3.8) is 0 Å². The van der Waals surface area contributed by atoms with Gasteiger partial charge in [0, 0.05) is 0 Å². The molecule has 34 heavy (non-hydrogen) atoms. The van der Waals surface area contributed by atoms with Crippen molar-refractivity contribution in [1.82, 2.24) is 4.57 Å². The van der Waals surface area contributed by atoms with E-state index in [2.05, 4.69) is 96.0 Å². The average Bonchev–Trinajstić information content (AvgIpc) is 3.11. The second-order valence-corrected chi connectivity index (χ2v) is 11.5. The summed E-state index contributed by atoms with van der Waals surface area (Å²) in [7, 11) is 0. The van der Waals surface area contributed by atoms with Crippen LogP contribution < -0.4 is 4.57 Å². The summed E-state index contributed by atoms with van der Waals surface area (Å²) in [6, 6.07) is 7.01. The second-order valence-electron chi connectivity index (χ2n) is 11.5. The predicted molar refractivity (Wildman–Crippen MR) is 142 cm³/mol. The van der Waals surface area contributed by atoms with E-state index in [1.807, 2.05) is 0 Å². The highest BCUT2D eigenvalue weighted by Gasteiger charge is 2.31. The van der Waals surface area contributed by atoms with Crippen LogP contribution in [0.4, 0.5) is 0 Å². The van der Waals surface area contributed by atoms with E-state index in [0.717, 1.165) is 18.4 Å². The molecular weight excluding hydrogens is 416 g/mol. The van der Waals surface area contributed by atoms with Gasteiger partial charge in [-0.1, -0.05) is 26.8 Å². The molecule has 1 aliphatic rings. The van der Waals surface area contributed by atoms with Gasteiger partial charge in [-0.25, -0.2) is 9.13 Å². The van der Waals surface area contributed by atoms with Crippen molar-refractivity contribution in [2.45, 2.75) is 101 Å². The average molecular weight is 462 g/mol. The number of imidazole rings is 1. The number of fused-ring (bicyclic) bond motifs is 1. The molecule has 0 N–H and O–H groups in total. The van der Waals surface area contributed by atoms with Crippen LogP contribution in [0.25, 0.3) is 11.0 Å². The van der Waals surface area contributed by atoms with Crippen LogP contribution >= 0.6 is 0 Å². The van der Waals surface area contributed by atoms with E-state index in [0.29, 0.717) is 18.8 Å².